The predicted molar refractivity (Wildman–Crippen MR) is 68.4 cm³/mol. The van der Waals surface area contributed by atoms with Gasteiger partial charge in [0.25, 0.3) is 0 Å². The molecule has 2 aromatic carbocycles. The van der Waals surface area contributed by atoms with Crippen LogP contribution in [0.15, 0.2) is 57.6 Å². The van der Waals surface area contributed by atoms with Crippen molar-refractivity contribution in [2.75, 3.05) is 0 Å². The number of rotatable bonds is 5. The first-order valence-electron chi connectivity index (χ1n) is 5.36. The predicted octanol–water partition coefficient (Wildman–Crippen LogP) is -0.252. The number of benzene rings is 2. The average Bonchev–Trinajstić information content (AvgIpc) is 2.47. The zero-order valence-electron chi connectivity index (χ0n) is 11.0. The molecule has 0 saturated heterocycles. The summed E-state index contributed by atoms with van der Waals surface area (Å²) in [6.45, 7) is 0. The van der Waals surface area contributed by atoms with E-state index in [1.54, 1.807) is 24.3 Å². The van der Waals surface area contributed by atoms with E-state index in [0.717, 1.165) is 12.0 Å². The van der Waals surface area contributed by atoms with Gasteiger partial charge in [0.1, 0.15) is 0 Å². The van der Waals surface area contributed by atoms with Crippen molar-refractivity contribution < 1.29 is 54.4 Å². The van der Waals surface area contributed by atoms with Gasteiger partial charge in [0.05, 0.1) is 23.4 Å². The molecule has 104 valence electrons. The Balaban J connectivity index is 0.00000220. The van der Waals surface area contributed by atoms with Crippen molar-refractivity contribution in [2.24, 2.45) is 10.2 Å². The molecule has 0 aliphatic rings. The molecule has 0 radical (unpaired) electrons. The van der Waals surface area contributed by atoms with Crippen molar-refractivity contribution in [3.8, 4) is 11.5 Å². The summed E-state index contributed by atoms with van der Waals surface area (Å²) < 4.78 is 4.17. The average molecular weight is 316 g/mol. The molecule has 21 heavy (non-hydrogen) atoms. The fraction of sp³-hybridized carbons (Fsp3) is 0. The Morgan fingerprint density at radius 2 is 1.52 bits per heavy atom. The van der Waals surface area contributed by atoms with Gasteiger partial charge < -0.3 is 15.5 Å². The van der Waals surface area contributed by atoms with Crippen molar-refractivity contribution in [3.63, 3.8) is 0 Å². The number of azo groups is 1. The van der Waals surface area contributed by atoms with Crippen LogP contribution in [-0.2, 0) is 9.37 Å². The smallest absolute Gasteiger partial charge is 0.691 e. The van der Waals surface area contributed by atoms with Crippen LogP contribution < -0.4 is 34.8 Å². The van der Waals surface area contributed by atoms with Crippen LogP contribution in [0.4, 0.5) is 11.4 Å². The molecule has 0 amide bonds. The number of phenolic OH excluding ortho intramolecular Hbond substituents is 2. The summed E-state index contributed by atoms with van der Waals surface area (Å²) in [5.41, 5.74) is 0.979. The molecular formula is C12H9N2NaO5S. The summed E-state index contributed by atoms with van der Waals surface area (Å²) in [4.78, 5) is 0.669. The fourth-order valence-corrected chi connectivity index (χ4v) is 1.66. The third-order valence-electron chi connectivity index (χ3n) is 2.23. The molecule has 0 bridgehead atoms. The van der Waals surface area contributed by atoms with Gasteiger partial charge in [-0.15, -0.1) is 0 Å². The molecule has 0 spiro atoms. The van der Waals surface area contributed by atoms with Gasteiger partial charge in [0, 0.05) is 11.0 Å². The number of phenols is 2. The molecule has 0 aliphatic heterocycles. The largest absolute Gasteiger partial charge is 1.00 e. The summed E-state index contributed by atoms with van der Waals surface area (Å²) in [5, 5.41) is 39.2. The molecule has 0 aromatic heterocycles. The third-order valence-corrected chi connectivity index (χ3v) is 2.82. The Labute approximate surface area is 146 Å². The van der Waals surface area contributed by atoms with E-state index in [1.807, 2.05) is 0 Å². The van der Waals surface area contributed by atoms with E-state index in [1.165, 1.54) is 18.2 Å². The van der Waals surface area contributed by atoms with Gasteiger partial charge in [-0.1, -0.05) is 0 Å². The SMILES string of the molecule is [Na+].[O-]OOSc1ccc(N=Nc2ccc(O)c(O)c2)cc1. The van der Waals surface area contributed by atoms with Crippen LogP contribution in [0.1, 0.15) is 0 Å². The zero-order valence-corrected chi connectivity index (χ0v) is 13.8. The molecule has 0 saturated carbocycles. The molecule has 2 rings (SSSR count). The van der Waals surface area contributed by atoms with Gasteiger partial charge in [-0.25, -0.2) is 0 Å². The van der Waals surface area contributed by atoms with Gasteiger partial charge in [-0.05, 0) is 36.4 Å². The van der Waals surface area contributed by atoms with Crippen molar-refractivity contribution >= 4 is 23.4 Å². The molecule has 0 fully saturated rings. The number of aromatic hydroxyl groups is 2. The van der Waals surface area contributed by atoms with Crippen LogP contribution in [0.25, 0.3) is 0 Å². The van der Waals surface area contributed by atoms with Crippen molar-refractivity contribution in [1.29, 1.82) is 0 Å². The van der Waals surface area contributed by atoms with Crippen molar-refractivity contribution in [3.05, 3.63) is 42.5 Å². The normalized spacial score (nSPS) is 10.5. The van der Waals surface area contributed by atoms with E-state index in [2.05, 4.69) is 19.6 Å². The molecule has 9 heteroatoms. The second-order valence-corrected chi connectivity index (χ2v) is 4.36. The van der Waals surface area contributed by atoms with Crippen LogP contribution >= 0.6 is 12.0 Å². The van der Waals surface area contributed by atoms with Gasteiger partial charge in [0.15, 0.2) is 11.5 Å². The number of hydrogen-bond donors (Lipinski definition) is 2. The quantitative estimate of drug-likeness (QED) is 0.197. The van der Waals surface area contributed by atoms with E-state index in [4.69, 9.17) is 5.11 Å². The van der Waals surface area contributed by atoms with Gasteiger partial charge >= 0.3 is 29.6 Å². The standard InChI is InChI=1S/C12H10N2O5S.Na/c15-11-6-3-9(7-12(11)16)14-13-8-1-4-10(5-2-8)20-19-18-17;/h1-7,15-17H;/q;+1/p-1. The summed E-state index contributed by atoms with van der Waals surface area (Å²) in [6, 6.07) is 10.8. The monoisotopic (exact) mass is 316 g/mol. The molecular weight excluding hydrogens is 307 g/mol. The topological polar surface area (TPSA) is 107 Å². The second kappa shape index (κ2) is 9.00. The Hall–Kier alpha value is -1.13. The number of hydrogen-bond acceptors (Lipinski definition) is 8. The summed E-state index contributed by atoms with van der Waals surface area (Å²) in [7, 11) is 0. The maximum atomic E-state index is 9.67. The van der Waals surface area contributed by atoms with Crippen LogP contribution in [0.3, 0.4) is 0 Å². The van der Waals surface area contributed by atoms with E-state index in [0.29, 0.717) is 16.3 Å². The first kappa shape index (κ1) is 17.9. The van der Waals surface area contributed by atoms with Crippen molar-refractivity contribution in [2.45, 2.75) is 4.90 Å². The van der Waals surface area contributed by atoms with E-state index < -0.39 is 0 Å². The molecule has 2 N–H and O–H groups in total. The minimum absolute atomic E-state index is 0. The molecule has 0 atom stereocenters. The first-order chi connectivity index (χ1) is 9.69. The molecule has 2 aromatic rings. The molecule has 0 aliphatic carbocycles. The fourth-order valence-electron chi connectivity index (χ4n) is 1.31. The van der Waals surface area contributed by atoms with E-state index >= 15 is 0 Å². The summed E-state index contributed by atoms with van der Waals surface area (Å²) >= 11 is 0.779. The summed E-state index contributed by atoms with van der Waals surface area (Å²) in [6.07, 6.45) is 0. The minimum atomic E-state index is -0.261. The Morgan fingerprint density at radius 3 is 2.14 bits per heavy atom. The molecule has 7 nitrogen and oxygen atoms in total. The van der Waals surface area contributed by atoms with Gasteiger partial charge in [-0.2, -0.15) is 14.6 Å². The first-order valence-corrected chi connectivity index (χ1v) is 6.10. The van der Waals surface area contributed by atoms with E-state index in [9.17, 15) is 10.4 Å². The van der Waals surface area contributed by atoms with Gasteiger partial charge in [-0.3, -0.25) is 5.04 Å². The van der Waals surface area contributed by atoms with Crippen LogP contribution in [0.2, 0.25) is 0 Å². The Bertz CT molecular complexity index is 609. The molecule has 0 unspecified atom stereocenters. The van der Waals surface area contributed by atoms with E-state index in [-0.39, 0.29) is 41.1 Å². The second-order valence-electron chi connectivity index (χ2n) is 3.59. The van der Waals surface area contributed by atoms with Crippen molar-refractivity contribution in [1.82, 2.24) is 0 Å². The Kier molecular flexibility index (Phi) is 7.68. The zero-order chi connectivity index (χ0) is 14.4. The van der Waals surface area contributed by atoms with Crippen LogP contribution in [0.5, 0.6) is 11.5 Å². The maximum Gasteiger partial charge on any atom is 1.00 e. The molecule has 0 heterocycles. The third kappa shape index (κ3) is 5.64. The van der Waals surface area contributed by atoms with Crippen LogP contribution in [-0.4, -0.2) is 10.2 Å². The van der Waals surface area contributed by atoms with Crippen LogP contribution in [0, 0.1) is 0 Å². The minimum Gasteiger partial charge on any atom is -0.691 e. The number of nitrogens with zero attached hydrogens (tertiary/aromatic N) is 2. The summed E-state index contributed by atoms with van der Waals surface area (Å²) in [5.74, 6) is -0.478. The van der Waals surface area contributed by atoms with Gasteiger partial charge in [0.2, 0.25) is 0 Å². The Morgan fingerprint density at radius 1 is 0.905 bits per heavy atom. The maximum absolute atomic E-state index is 9.67.